The third-order valence-corrected chi connectivity index (χ3v) is 6.03. The fraction of sp³-hybridized carbons (Fsp3) is 0.538. The molecule has 0 bridgehead atoms. The minimum absolute atomic E-state index is 0.249. The first-order chi connectivity index (χ1) is 9.30. The summed E-state index contributed by atoms with van der Waals surface area (Å²) in [5.41, 5.74) is 6.77. The van der Waals surface area contributed by atoms with E-state index >= 15 is 0 Å². The number of sulfone groups is 1. The summed E-state index contributed by atoms with van der Waals surface area (Å²) in [5.74, 6) is 0.841. The SMILES string of the molecule is C[C@H](N)c1ccc(N2CCSCC2S(C)(=O)=O)c(F)c1. The van der Waals surface area contributed by atoms with Crippen molar-refractivity contribution in [1.82, 2.24) is 0 Å². The zero-order valence-electron chi connectivity index (χ0n) is 11.5. The van der Waals surface area contributed by atoms with Crippen LogP contribution in [0.5, 0.6) is 0 Å². The fourth-order valence-corrected chi connectivity index (χ4v) is 5.08. The Morgan fingerprint density at radius 2 is 2.20 bits per heavy atom. The molecule has 20 heavy (non-hydrogen) atoms. The van der Waals surface area contributed by atoms with E-state index in [9.17, 15) is 12.8 Å². The summed E-state index contributed by atoms with van der Waals surface area (Å²) >= 11 is 1.58. The quantitative estimate of drug-likeness (QED) is 0.920. The van der Waals surface area contributed by atoms with E-state index in [1.807, 2.05) is 0 Å². The number of hydrogen-bond acceptors (Lipinski definition) is 5. The second-order valence-corrected chi connectivity index (χ2v) is 8.41. The van der Waals surface area contributed by atoms with Crippen LogP contribution < -0.4 is 10.6 Å². The lowest BCUT2D eigenvalue weighted by molar-refractivity contribution is 0.578. The van der Waals surface area contributed by atoms with Crippen molar-refractivity contribution in [3.05, 3.63) is 29.6 Å². The standard InChI is InChI=1S/C13H19FN2O2S2/c1-9(15)10-3-4-12(11(14)7-10)16-5-6-19-8-13(16)20(2,17)18/h3-4,7,9,13H,5-6,8,15H2,1-2H3/t9-,13?/m0/s1. The van der Waals surface area contributed by atoms with E-state index in [2.05, 4.69) is 0 Å². The number of hydrogen-bond donors (Lipinski definition) is 1. The predicted molar refractivity (Wildman–Crippen MR) is 82.3 cm³/mol. The minimum atomic E-state index is -3.25. The van der Waals surface area contributed by atoms with Gasteiger partial charge in [0.2, 0.25) is 0 Å². The summed E-state index contributed by atoms with van der Waals surface area (Å²) in [5, 5.41) is -0.670. The highest BCUT2D eigenvalue weighted by Crippen LogP contribution is 2.30. The first kappa shape index (κ1) is 15.6. The molecule has 4 nitrogen and oxygen atoms in total. The number of nitrogens with two attached hydrogens (primary N) is 1. The van der Waals surface area contributed by atoms with Crippen molar-refractivity contribution < 1.29 is 12.8 Å². The van der Waals surface area contributed by atoms with Crippen molar-refractivity contribution in [2.24, 2.45) is 5.73 Å². The van der Waals surface area contributed by atoms with Gasteiger partial charge in [0, 0.05) is 30.3 Å². The zero-order chi connectivity index (χ0) is 14.9. The van der Waals surface area contributed by atoms with Crippen LogP contribution in [0.25, 0.3) is 0 Å². The lowest BCUT2D eigenvalue weighted by atomic mass is 10.1. The first-order valence-corrected chi connectivity index (χ1v) is 9.50. The highest BCUT2D eigenvalue weighted by atomic mass is 32.2. The third-order valence-electron chi connectivity index (χ3n) is 3.39. The van der Waals surface area contributed by atoms with Gasteiger partial charge in [0.15, 0.2) is 9.84 Å². The van der Waals surface area contributed by atoms with Crippen molar-refractivity contribution in [3.63, 3.8) is 0 Å². The van der Waals surface area contributed by atoms with Crippen molar-refractivity contribution in [2.75, 3.05) is 29.2 Å². The van der Waals surface area contributed by atoms with Gasteiger partial charge in [-0.05, 0) is 24.6 Å². The number of thioether (sulfide) groups is 1. The van der Waals surface area contributed by atoms with E-state index in [0.29, 0.717) is 23.5 Å². The van der Waals surface area contributed by atoms with Gasteiger partial charge >= 0.3 is 0 Å². The molecule has 0 amide bonds. The minimum Gasteiger partial charge on any atom is -0.351 e. The highest BCUT2D eigenvalue weighted by molar-refractivity contribution is 8.01. The summed E-state index contributed by atoms with van der Waals surface area (Å²) in [4.78, 5) is 1.64. The Morgan fingerprint density at radius 1 is 1.50 bits per heavy atom. The molecule has 2 rings (SSSR count). The molecule has 1 unspecified atom stereocenters. The Hall–Kier alpha value is -0.790. The van der Waals surface area contributed by atoms with Gasteiger partial charge in [0.25, 0.3) is 0 Å². The van der Waals surface area contributed by atoms with Gasteiger partial charge in [0.05, 0.1) is 5.69 Å². The molecular formula is C13H19FN2O2S2. The number of benzene rings is 1. The second-order valence-electron chi connectivity index (χ2n) is 5.05. The van der Waals surface area contributed by atoms with E-state index in [1.165, 1.54) is 12.3 Å². The van der Waals surface area contributed by atoms with Gasteiger partial charge in [-0.25, -0.2) is 12.8 Å². The molecule has 1 heterocycles. The van der Waals surface area contributed by atoms with Gasteiger partial charge < -0.3 is 10.6 Å². The number of anilines is 1. The molecule has 112 valence electrons. The molecule has 2 N–H and O–H groups in total. The van der Waals surface area contributed by atoms with E-state index in [1.54, 1.807) is 35.7 Å². The van der Waals surface area contributed by atoms with Crippen LogP contribution in [-0.2, 0) is 9.84 Å². The van der Waals surface area contributed by atoms with Crippen molar-refractivity contribution in [1.29, 1.82) is 0 Å². The second kappa shape index (κ2) is 5.91. The average Bonchev–Trinajstić information content (AvgIpc) is 2.37. The Balaban J connectivity index is 2.38. The molecule has 0 spiro atoms. The van der Waals surface area contributed by atoms with Crippen LogP contribution in [0, 0.1) is 5.82 Å². The number of halogens is 1. The van der Waals surface area contributed by atoms with Gasteiger partial charge in [-0.1, -0.05) is 6.07 Å². The largest absolute Gasteiger partial charge is 0.351 e. The van der Waals surface area contributed by atoms with E-state index in [4.69, 9.17) is 5.73 Å². The van der Waals surface area contributed by atoms with Crippen LogP contribution in [0.15, 0.2) is 18.2 Å². The summed E-state index contributed by atoms with van der Waals surface area (Å²) in [7, 11) is -3.25. The molecule has 1 aromatic rings. The van der Waals surface area contributed by atoms with E-state index < -0.39 is 21.0 Å². The van der Waals surface area contributed by atoms with Crippen LogP contribution >= 0.6 is 11.8 Å². The Labute approximate surface area is 123 Å². The molecule has 7 heteroatoms. The fourth-order valence-electron chi connectivity index (χ4n) is 2.25. The Kier molecular flexibility index (Phi) is 4.61. The normalized spacial score (nSPS) is 21.8. The molecule has 0 aliphatic carbocycles. The molecule has 1 fully saturated rings. The van der Waals surface area contributed by atoms with Gasteiger partial charge in [-0.3, -0.25) is 0 Å². The number of rotatable bonds is 3. The number of nitrogens with zero attached hydrogens (tertiary/aromatic N) is 1. The molecule has 2 atom stereocenters. The lowest BCUT2D eigenvalue weighted by Crippen LogP contribution is -2.47. The summed E-state index contributed by atoms with van der Waals surface area (Å²) in [6.45, 7) is 2.31. The van der Waals surface area contributed by atoms with Crippen LogP contribution in [0.4, 0.5) is 10.1 Å². The molecule has 1 saturated heterocycles. The van der Waals surface area contributed by atoms with Crippen LogP contribution in [0.2, 0.25) is 0 Å². The maximum absolute atomic E-state index is 14.3. The molecule has 1 aliphatic rings. The summed E-state index contributed by atoms with van der Waals surface area (Å²) < 4.78 is 38.0. The third kappa shape index (κ3) is 3.27. The molecule has 0 aromatic heterocycles. The summed E-state index contributed by atoms with van der Waals surface area (Å²) in [6, 6.07) is 4.52. The lowest BCUT2D eigenvalue weighted by Gasteiger charge is -2.36. The van der Waals surface area contributed by atoms with Crippen LogP contribution in [-0.4, -0.2) is 38.1 Å². The smallest absolute Gasteiger partial charge is 0.169 e. The Morgan fingerprint density at radius 3 is 2.75 bits per heavy atom. The summed E-state index contributed by atoms with van der Waals surface area (Å²) in [6.07, 6.45) is 1.20. The maximum atomic E-state index is 14.3. The zero-order valence-corrected chi connectivity index (χ0v) is 13.2. The topological polar surface area (TPSA) is 63.4 Å². The van der Waals surface area contributed by atoms with Crippen molar-refractivity contribution >= 4 is 27.3 Å². The van der Waals surface area contributed by atoms with Crippen LogP contribution in [0.3, 0.4) is 0 Å². The molecule has 1 aliphatic heterocycles. The Bertz CT molecular complexity index is 590. The molecular weight excluding hydrogens is 299 g/mol. The molecule has 0 saturated carbocycles. The molecule has 0 radical (unpaired) electrons. The van der Waals surface area contributed by atoms with E-state index in [-0.39, 0.29) is 6.04 Å². The highest BCUT2D eigenvalue weighted by Gasteiger charge is 2.32. The van der Waals surface area contributed by atoms with Gasteiger partial charge in [-0.2, -0.15) is 11.8 Å². The van der Waals surface area contributed by atoms with Crippen LogP contribution in [0.1, 0.15) is 18.5 Å². The maximum Gasteiger partial charge on any atom is 0.169 e. The monoisotopic (exact) mass is 318 g/mol. The van der Waals surface area contributed by atoms with Crippen molar-refractivity contribution in [3.8, 4) is 0 Å². The van der Waals surface area contributed by atoms with Gasteiger partial charge in [0.1, 0.15) is 11.2 Å². The predicted octanol–water partition coefficient (Wildman–Crippen LogP) is 1.77. The van der Waals surface area contributed by atoms with Gasteiger partial charge in [-0.15, -0.1) is 0 Å². The van der Waals surface area contributed by atoms with Crippen molar-refractivity contribution in [2.45, 2.75) is 18.3 Å². The molecule has 1 aromatic carbocycles. The van der Waals surface area contributed by atoms with E-state index in [0.717, 1.165) is 5.75 Å². The average molecular weight is 318 g/mol. The first-order valence-electron chi connectivity index (χ1n) is 6.39.